The van der Waals surface area contributed by atoms with Crippen LogP contribution in [-0.4, -0.2) is 18.1 Å². The van der Waals surface area contributed by atoms with Gasteiger partial charge in [0.1, 0.15) is 0 Å². The topological polar surface area (TPSA) is 16.1 Å². The van der Waals surface area contributed by atoms with Gasteiger partial charge in [0.05, 0.1) is 15.2 Å². The molecule has 3 rings (SSSR count). The molecule has 0 bridgehead atoms. The maximum atomic E-state index is 4.81. The van der Waals surface area contributed by atoms with E-state index >= 15 is 0 Å². The van der Waals surface area contributed by atoms with Gasteiger partial charge in [0.2, 0.25) is 0 Å². The van der Waals surface area contributed by atoms with E-state index in [4.69, 9.17) is 4.98 Å². The minimum Gasteiger partial charge on any atom is -0.371 e. The van der Waals surface area contributed by atoms with Gasteiger partial charge in [-0.3, -0.25) is 0 Å². The first kappa shape index (κ1) is 13.9. The monoisotopic (exact) mass is 288 g/mol. The zero-order chi connectivity index (χ0) is 13.9. The molecule has 1 unspecified atom stereocenters. The molecule has 108 valence electrons. The number of aromatic nitrogens is 1. The zero-order valence-corrected chi connectivity index (χ0v) is 13.4. The van der Waals surface area contributed by atoms with E-state index in [0.29, 0.717) is 0 Å². The lowest BCUT2D eigenvalue weighted by atomic mass is 10.1. The molecule has 1 fully saturated rings. The van der Waals surface area contributed by atoms with Crippen LogP contribution in [0.25, 0.3) is 10.2 Å². The van der Waals surface area contributed by atoms with Crippen LogP contribution in [0.5, 0.6) is 0 Å². The fraction of sp³-hybridized carbons (Fsp3) is 0.588. The molecule has 2 heterocycles. The predicted octanol–water partition coefficient (Wildman–Crippen LogP) is 4.88. The summed E-state index contributed by atoms with van der Waals surface area (Å²) in [6.45, 7) is 6.96. The fourth-order valence-electron chi connectivity index (χ4n) is 3.00. The number of nitrogens with zero attached hydrogens (tertiary/aromatic N) is 2. The molecule has 1 aromatic carbocycles. The lowest BCUT2D eigenvalue weighted by Gasteiger charge is -2.18. The minimum atomic E-state index is 0.876. The Morgan fingerprint density at radius 3 is 3.00 bits per heavy atom. The van der Waals surface area contributed by atoms with Crippen LogP contribution in [0.4, 0.5) is 5.69 Å². The number of thiazole rings is 1. The summed E-state index contributed by atoms with van der Waals surface area (Å²) in [7, 11) is 0. The highest BCUT2D eigenvalue weighted by atomic mass is 32.1. The third-order valence-corrected chi connectivity index (χ3v) is 5.48. The van der Waals surface area contributed by atoms with Gasteiger partial charge < -0.3 is 4.90 Å². The van der Waals surface area contributed by atoms with Gasteiger partial charge >= 0.3 is 0 Å². The van der Waals surface area contributed by atoms with E-state index in [1.54, 1.807) is 0 Å². The molecule has 0 aliphatic carbocycles. The summed E-state index contributed by atoms with van der Waals surface area (Å²) in [5.41, 5.74) is 2.55. The second-order valence-electron chi connectivity index (χ2n) is 5.87. The molecule has 0 N–H and O–H groups in total. The first-order valence-corrected chi connectivity index (χ1v) is 8.76. The average molecular weight is 288 g/mol. The largest absolute Gasteiger partial charge is 0.371 e. The van der Waals surface area contributed by atoms with Crippen LogP contribution in [0.15, 0.2) is 18.2 Å². The van der Waals surface area contributed by atoms with Gasteiger partial charge in [-0.25, -0.2) is 4.98 Å². The van der Waals surface area contributed by atoms with E-state index in [2.05, 4.69) is 36.9 Å². The van der Waals surface area contributed by atoms with Crippen molar-refractivity contribution in [3.8, 4) is 0 Å². The lowest BCUT2D eigenvalue weighted by molar-refractivity contribution is 0.569. The van der Waals surface area contributed by atoms with E-state index in [1.807, 2.05) is 11.3 Å². The van der Waals surface area contributed by atoms with Crippen LogP contribution in [0.3, 0.4) is 0 Å². The standard InChI is InChI=1S/C17H24N2S/c1-3-5-6-17-18-15-11-14(7-8-16(15)20-17)19-10-9-13(4-2)12-19/h7-8,11,13H,3-6,9-10,12H2,1-2H3. The predicted molar refractivity (Wildman–Crippen MR) is 88.8 cm³/mol. The molecular weight excluding hydrogens is 264 g/mol. The minimum absolute atomic E-state index is 0.876. The van der Waals surface area contributed by atoms with Crippen LogP contribution in [-0.2, 0) is 6.42 Å². The van der Waals surface area contributed by atoms with Gasteiger partial charge in [-0.1, -0.05) is 26.7 Å². The van der Waals surface area contributed by atoms with Gasteiger partial charge in [0, 0.05) is 18.8 Å². The molecule has 1 aromatic heterocycles. The van der Waals surface area contributed by atoms with Gasteiger partial charge in [-0.15, -0.1) is 11.3 Å². The van der Waals surface area contributed by atoms with Crippen molar-refractivity contribution in [3.05, 3.63) is 23.2 Å². The molecule has 1 saturated heterocycles. The number of benzene rings is 1. The smallest absolute Gasteiger partial charge is 0.0938 e. The van der Waals surface area contributed by atoms with E-state index in [-0.39, 0.29) is 0 Å². The molecule has 1 atom stereocenters. The Bertz CT molecular complexity index is 575. The van der Waals surface area contributed by atoms with Crippen molar-refractivity contribution in [2.75, 3.05) is 18.0 Å². The van der Waals surface area contributed by atoms with Crippen LogP contribution in [0, 0.1) is 5.92 Å². The number of rotatable bonds is 5. The molecule has 0 radical (unpaired) electrons. The molecule has 20 heavy (non-hydrogen) atoms. The molecule has 0 saturated carbocycles. The molecule has 0 spiro atoms. The molecule has 2 aromatic rings. The van der Waals surface area contributed by atoms with E-state index in [9.17, 15) is 0 Å². The Labute approximate surface area is 125 Å². The SMILES string of the molecule is CCCCc1nc2cc(N3CCC(CC)C3)ccc2s1. The number of unbranched alkanes of at least 4 members (excludes halogenated alkanes) is 1. The lowest BCUT2D eigenvalue weighted by Crippen LogP contribution is -2.19. The highest BCUT2D eigenvalue weighted by Gasteiger charge is 2.21. The number of fused-ring (bicyclic) bond motifs is 1. The quantitative estimate of drug-likeness (QED) is 0.780. The Morgan fingerprint density at radius 2 is 2.25 bits per heavy atom. The maximum Gasteiger partial charge on any atom is 0.0938 e. The van der Waals surface area contributed by atoms with Gasteiger partial charge in [-0.2, -0.15) is 0 Å². The Morgan fingerprint density at radius 1 is 1.35 bits per heavy atom. The zero-order valence-electron chi connectivity index (χ0n) is 12.6. The Balaban J connectivity index is 1.79. The molecule has 1 aliphatic heterocycles. The molecule has 0 amide bonds. The summed E-state index contributed by atoms with van der Waals surface area (Å²) < 4.78 is 1.34. The third-order valence-electron chi connectivity index (χ3n) is 4.39. The fourth-order valence-corrected chi connectivity index (χ4v) is 3.99. The van der Waals surface area contributed by atoms with Crippen LogP contribution in [0.2, 0.25) is 0 Å². The first-order chi connectivity index (χ1) is 9.80. The summed E-state index contributed by atoms with van der Waals surface area (Å²) in [6.07, 6.45) is 6.26. The van der Waals surface area contributed by atoms with Gasteiger partial charge in [0.25, 0.3) is 0 Å². The number of aryl methyl sites for hydroxylation is 1. The van der Waals surface area contributed by atoms with Gasteiger partial charge in [-0.05, 0) is 43.4 Å². The summed E-state index contributed by atoms with van der Waals surface area (Å²) in [5, 5.41) is 1.30. The highest BCUT2D eigenvalue weighted by molar-refractivity contribution is 7.18. The molecule has 1 aliphatic rings. The molecule has 2 nitrogen and oxygen atoms in total. The van der Waals surface area contributed by atoms with Crippen molar-refractivity contribution < 1.29 is 0 Å². The van der Waals surface area contributed by atoms with Crippen molar-refractivity contribution in [2.45, 2.75) is 46.0 Å². The van der Waals surface area contributed by atoms with Crippen LogP contribution < -0.4 is 4.90 Å². The van der Waals surface area contributed by atoms with Crippen molar-refractivity contribution >= 4 is 27.2 Å². The molecular formula is C17H24N2S. The summed E-state index contributed by atoms with van der Waals surface area (Å²) in [5.74, 6) is 0.876. The van der Waals surface area contributed by atoms with Gasteiger partial charge in [0.15, 0.2) is 0 Å². The summed E-state index contributed by atoms with van der Waals surface area (Å²) >= 11 is 1.86. The van der Waals surface area contributed by atoms with E-state index in [1.165, 1.54) is 59.7 Å². The van der Waals surface area contributed by atoms with Crippen LogP contribution >= 0.6 is 11.3 Å². The summed E-state index contributed by atoms with van der Waals surface area (Å²) in [4.78, 5) is 7.34. The average Bonchev–Trinajstić information content (AvgIpc) is 3.10. The third kappa shape index (κ3) is 2.83. The van der Waals surface area contributed by atoms with E-state index in [0.717, 1.165) is 12.3 Å². The molecule has 3 heteroatoms. The number of anilines is 1. The Hall–Kier alpha value is -1.09. The number of hydrogen-bond acceptors (Lipinski definition) is 3. The first-order valence-electron chi connectivity index (χ1n) is 7.94. The Kier molecular flexibility index (Phi) is 4.25. The second-order valence-corrected chi connectivity index (χ2v) is 6.99. The van der Waals surface area contributed by atoms with Crippen molar-refractivity contribution in [1.29, 1.82) is 0 Å². The number of hydrogen-bond donors (Lipinski definition) is 0. The van der Waals surface area contributed by atoms with Crippen LogP contribution in [0.1, 0.15) is 44.5 Å². The van der Waals surface area contributed by atoms with E-state index < -0.39 is 0 Å². The van der Waals surface area contributed by atoms with Crippen molar-refractivity contribution in [1.82, 2.24) is 4.98 Å². The maximum absolute atomic E-state index is 4.81. The van der Waals surface area contributed by atoms with Crippen molar-refractivity contribution in [2.24, 2.45) is 5.92 Å². The summed E-state index contributed by atoms with van der Waals surface area (Å²) in [6, 6.07) is 6.83. The second kappa shape index (κ2) is 6.13. The highest BCUT2D eigenvalue weighted by Crippen LogP contribution is 2.30. The van der Waals surface area contributed by atoms with Crippen molar-refractivity contribution in [3.63, 3.8) is 0 Å². The normalized spacial score (nSPS) is 19.1.